The standard InChI is InChI=1S/C21H25NO4S/c1-15(2)22(13-17-7-5-4-6-8-17)20(24)14-26-21(25)12-10-18(23)19-11-9-16(3)27-19/h4-9,11,15H,10,12-14H2,1-3H3. The Kier molecular flexibility index (Phi) is 7.73. The van der Waals surface area contributed by atoms with E-state index < -0.39 is 5.97 Å². The molecular formula is C21H25NO4S. The highest BCUT2D eigenvalue weighted by Gasteiger charge is 2.19. The molecule has 0 saturated carbocycles. The molecule has 1 amide bonds. The number of hydrogen-bond acceptors (Lipinski definition) is 5. The lowest BCUT2D eigenvalue weighted by atomic mass is 10.2. The minimum Gasteiger partial charge on any atom is -0.456 e. The smallest absolute Gasteiger partial charge is 0.306 e. The highest BCUT2D eigenvalue weighted by Crippen LogP contribution is 2.17. The Morgan fingerprint density at radius 2 is 1.74 bits per heavy atom. The van der Waals surface area contributed by atoms with Crippen molar-refractivity contribution in [1.29, 1.82) is 0 Å². The van der Waals surface area contributed by atoms with E-state index in [0.717, 1.165) is 10.4 Å². The van der Waals surface area contributed by atoms with Crippen LogP contribution in [0.15, 0.2) is 42.5 Å². The van der Waals surface area contributed by atoms with E-state index in [1.165, 1.54) is 11.3 Å². The quantitative estimate of drug-likeness (QED) is 0.482. The molecule has 0 fully saturated rings. The predicted molar refractivity (Wildman–Crippen MR) is 106 cm³/mol. The van der Waals surface area contributed by atoms with E-state index >= 15 is 0 Å². The molecule has 0 atom stereocenters. The second-order valence-electron chi connectivity index (χ2n) is 6.60. The first-order valence-corrected chi connectivity index (χ1v) is 9.77. The topological polar surface area (TPSA) is 63.7 Å². The molecule has 0 radical (unpaired) electrons. The zero-order valence-electron chi connectivity index (χ0n) is 15.9. The average molecular weight is 388 g/mol. The van der Waals surface area contributed by atoms with Crippen molar-refractivity contribution in [2.24, 2.45) is 0 Å². The van der Waals surface area contributed by atoms with Crippen molar-refractivity contribution in [3.05, 3.63) is 57.8 Å². The molecule has 6 heteroatoms. The van der Waals surface area contributed by atoms with E-state index in [1.807, 2.05) is 57.2 Å². The van der Waals surface area contributed by atoms with Crippen LogP contribution in [0.3, 0.4) is 0 Å². The number of Topliss-reactive ketones (excluding diaryl/α,β-unsaturated/α-hetero) is 1. The minimum atomic E-state index is -0.534. The van der Waals surface area contributed by atoms with Crippen LogP contribution in [0.5, 0.6) is 0 Å². The van der Waals surface area contributed by atoms with Crippen LogP contribution in [0, 0.1) is 6.92 Å². The molecular weight excluding hydrogens is 362 g/mol. The maximum absolute atomic E-state index is 12.4. The van der Waals surface area contributed by atoms with Crippen LogP contribution in [-0.2, 0) is 20.9 Å². The number of thiophene rings is 1. The predicted octanol–water partition coefficient (Wildman–Crippen LogP) is 4.00. The van der Waals surface area contributed by atoms with Crippen molar-refractivity contribution in [3.63, 3.8) is 0 Å². The first-order valence-electron chi connectivity index (χ1n) is 8.95. The summed E-state index contributed by atoms with van der Waals surface area (Å²) in [6.45, 7) is 5.92. The van der Waals surface area contributed by atoms with Crippen LogP contribution in [0.1, 0.15) is 46.8 Å². The first kappa shape index (κ1) is 20.8. The third kappa shape index (κ3) is 6.64. The van der Waals surface area contributed by atoms with E-state index in [0.29, 0.717) is 11.4 Å². The number of rotatable bonds is 9. The van der Waals surface area contributed by atoms with E-state index in [-0.39, 0.29) is 37.2 Å². The van der Waals surface area contributed by atoms with Crippen molar-refractivity contribution in [3.8, 4) is 0 Å². The fraction of sp³-hybridized carbons (Fsp3) is 0.381. The second kappa shape index (κ2) is 10.0. The molecule has 0 N–H and O–H groups in total. The summed E-state index contributed by atoms with van der Waals surface area (Å²) >= 11 is 1.41. The second-order valence-corrected chi connectivity index (χ2v) is 7.88. The third-order valence-electron chi connectivity index (χ3n) is 4.07. The highest BCUT2D eigenvalue weighted by atomic mass is 32.1. The van der Waals surface area contributed by atoms with Crippen molar-refractivity contribution < 1.29 is 19.1 Å². The monoisotopic (exact) mass is 387 g/mol. The normalized spacial score (nSPS) is 10.7. The maximum atomic E-state index is 12.4. The van der Waals surface area contributed by atoms with Crippen LogP contribution >= 0.6 is 11.3 Å². The molecule has 27 heavy (non-hydrogen) atoms. The fourth-order valence-corrected chi connectivity index (χ4v) is 3.39. The van der Waals surface area contributed by atoms with Gasteiger partial charge in [0, 0.05) is 23.9 Å². The minimum absolute atomic E-state index is 0.0138. The molecule has 0 aliphatic rings. The molecule has 0 unspecified atom stereocenters. The molecule has 2 rings (SSSR count). The molecule has 2 aromatic rings. The van der Waals surface area contributed by atoms with Crippen LogP contribution in [0.4, 0.5) is 0 Å². The van der Waals surface area contributed by atoms with Gasteiger partial charge in [0.25, 0.3) is 5.91 Å². The lowest BCUT2D eigenvalue weighted by molar-refractivity contribution is -0.153. The summed E-state index contributed by atoms with van der Waals surface area (Å²) in [4.78, 5) is 39.7. The Morgan fingerprint density at radius 1 is 1.04 bits per heavy atom. The van der Waals surface area contributed by atoms with Gasteiger partial charge < -0.3 is 9.64 Å². The Bertz CT molecular complexity index is 782. The van der Waals surface area contributed by atoms with E-state index in [4.69, 9.17) is 4.74 Å². The zero-order chi connectivity index (χ0) is 19.8. The number of ketones is 1. The summed E-state index contributed by atoms with van der Waals surface area (Å²) < 4.78 is 5.09. The number of hydrogen-bond donors (Lipinski definition) is 0. The molecule has 5 nitrogen and oxygen atoms in total. The van der Waals surface area contributed by atoms with Gasteiger partial charge in [-0.2, -0.15) is 0 Å². The molecule has 0 aliphatic carbocycles. The summed E-state index contributed by atoms with van der Waals surface area (Å²) in [6, 6.07) is 13.3. The van der Waals surface area contributed by atoms with Gasteiger partial charge in [-0.25, -0.2) is 0 Å². The van der Waals surface area contributed by atoms with Gasteiger partial charge >= 0.3 is 5.97 Å². The lowest BCUT2D eigenvalue weighted by Crippen LogP contribution is -2.39. The van der Waals surface area contributed by atoms with Crippen molar-refractivity contribution in [1.82, 2.24) is 4.90 Å². The van der Waals surface area contributed by atoms with Crippen molar-refractivity contribution in [2.75, 3.05) is 6.61 Å². The van der Waals surface area contributed by atoms with Crippen molar-refractivity contribution >= 4 is 29.0 Å². The molecule has 144 valence electrons. The largest absolute Gasteiger partial charge is 0.456 e. The molecule has 1 aromatic carbocycles. The third-order valence-corrected chi connectivity index (χ3v) is 5.11. The summed E-state index contributed by atoms with van der Waals surface area (Å²) in [5, 5.41) is 0. The maximum Gasteiger partial charge on any atom is 0.306 e. The Labute approximate surface area is 164 Å². The van der Waals surface area contributed by atoms with Crippen LogP contribution in [-0.4, -0.2) is 35.2 Å². The van der Waals surface area contributed by atoms with Gasteiger partial charge in [0.1, 0.15) is 0 Å². The zero-order valence-corrected chi connectivity index (χ0v) is 16.8. The number of aryl methyl sites for hydroxylation is 1. The number of carbonyl (C=O) groups excluding carboxylic acids is 3. The van der Waals surface area contributed by atoms with Gasteiger partial charge in [-0.3, -0.25) is 14.4 Å². The number of carbonyl (C=O) groups is 3. The van der Waals surface area contributed by atoms with Gasteiger partial charge in [0.05, 0.1) is 11.3 Å². The van der Waals surface area contributed by atoms with Gasteiger partial charge in [-0.05, 0) is 38.5 Å². The Morgan fingerprint density at radius 3 is 2.33 bits per heavy atom. The van der Waals surface area contributed by atoms with Gasteiger partial charge in [-0.15, -0.1) is 11.3 Å². The summed E-state index contributed by atoms with van der Waals surface area (Å²) in [7, 11) is 0. The SMILES string of the molecule is Cc1ccc(C(=O)CCC(=O)OCC(=O)N(Cc2ccccc2)C(C)C)s1. The molecule has 1 aromatic heterocycles. The number of ether oxygens (including phenoxy) is 1. The highest BCUT2D eigenvalue weighted by molar-refractivity contribution is 7.14. The van der Waals surface area contributed by atoms with E-state index in [1.54, 1.807) is 11.0 Å². The summed E-state index contributed by atoms with van der Waals surface area (Å²) in [5.74, 6) is -0.861. The number of nitrogens with zero attached hydrogens (tertiary/aromatic N) is 1. The molecule has 0 spiro atoms. The molecule has 1 heterocycles. The average Bonchev–Trinajstić information content (AvgIpc) is 3.09. The molecule has 0 saturated heterocycles. The van der Waals surface area contributed by atoms with Crippen LogP contribution in [0.2, 0.25) is 0 Å². The van der Waals surface area contributed by atoms with Gasteiger partial charge in [0.2, 0.25) is 0 Å². The van der Waals surface area contributed by atoms with E-state index in [9.17, 15) is 14.4 Å². The van der Waals surface area contributed by atoms with Crippen LogP contribution < -0.4 is 0 Å². The van der Waals surface area contributed by atoms with Crippen LogP contribution in [0.25, 0.3) is 0 Å². The number of benzene rings is 1. The Balaban J connectivity index is 1.80. The first-order chi connectivity index (χ1) is 12.9. The fourth-order valence-electron chi connectivity index (χ4n) is 2.56. The molecule has 0 bridgehead atoms. The van der Waals surface area contributed by atoms with Gasteiger partial charge in [-0.1, -0.05) is 30.3 Å². The summed E-state index contributed by atoms with van der Waals surface area (Å²) in [5.41, 5.74) is 1.02. The number of esters is 1. The van der Waals surface area contributed by atoms with Crippen molar-refractivity contribution in [2.45, 2.75) is 46.2 Å². The Hall–Kier alpha value is -2.47. The lowest BCUT2D eigenvalue weighted by Gasteiger charge is -2.26. The summed E-state index contributed by atoms with van der Waals surface area (Å²) in [6.07, 6.45) is 0.0638. The van der Waals surface area contributed by atoms with Gasteiger partial charge in [0.15, 0.2) is 12.4 Å². The number of amides is 1. The molecule has 0 aliphatic heterocycles. The van der Waals surface area contributed by atoms with E-state index in [2.05, 4.69) is 0 Å².